The van der Waals surface area contributed by atoms with Gasteiger partial charge in [0.05, 0.1) is 6.61 Å². The first-order valence-corrected chi connectivity index (χ1v) is 5.55. The van der Waals surface area contributed by atoms with Gasteiger partial charge in [-0.3, -0.25) is 0 Å². The highest BCUT2D eigenvalue weighted by atomic mass is 16.5. The van der Waals surface area contributed by atoms with Crippen molar-refractivity contribution in [1.29, 1.82) is 0 Å². The molecule has 0 saturated heterocycles. The zero-order chi connectivity index (χ0) is 12.8. The Bertz CT molecular complexity index is 271. The van der Waals surface area contributed by atoms with E-state index in [4.69, 9.17) is 4.74 Å². The summed E-state index contributed by atoms with van der Waals surface area (Å²) in [6, 6.07) is 0. The second-order valence-electron chi connectivity index (χ2n) is 5.01. The van der Waals surface area contributed by atoms with Gasteiger partial charge < -0.3 is 9.64 Å². The first-order chi connectivity index (χ1) is 7.29. The summed E-state index contributed by atoms with van der Waals surface area (Å²) in [4.78, 5) is 2.07. The summed E-state index contributed by atoms with van der Waals surface area (Å²) >= 11 is 0. The molecule has 0 unspecified atom stereocenters. The van der Waals surface area contributed by atoms with Crippen LogP contribution >= 0.6 is 0 Å². The Morgan fingerprint density at radius 1 is 1.25 bits per heavy atom. The van der Waals surface area contributed by atoms with Crippen LogP contribution in [-0.4, -0.2) is 32.2 Å². The molecule has 0 heterocycles. The Morgan fingerprint density at radius 2 is 1.81 bits per heavy atom. The lowest BCUT2D eigenvalue weighted by molar-refractivity contribution is 0.175. The summed E-state index contributed by atoms with van der Waals surface area (Å²) in [5.74, 6) is 0. The van der Waals surface area contributed by atoms with E-state index in [1.54, 1.807) is 7.11 Å². The van der Waals surface area contributed by atoms with Gasteiger partial charge in [0, 0.05) is 26.4 Å². The van der Waals surface area contributed by atoms with Crippen molar-refractivity contribution in [2.45, 2.75) is 20.8 Å². The summed E-state index contributed by atoms with van der Waals surface area (Å²) in [6.45, 7) is 16.1. The largest absolute Gasteiger partial charge is 0.383 e. The normalized spacial score (nSPS) is 11.8. The number of allylic oxidation sites excluding steroid dienone is 3. The number of rotatable bonds is 6. The summed E-state index contributed by atoms with van der Waals surface area (Å²) in [6.07, 6.45) is 4.04. The quantitative estimate of drug-likeness (QED) is 0.641. The fraction of sp³-hybridized carbons (Fsp3) is 0.571. The maximum absolute atomic E-state index is 5.02. The van der Waals surface area contributed by atoms with Crippen LogP contribution in [0, 0.1) is 5.41 Å². The lowest BCUT2D eigenvalue weighted by atomic mass is 9.87. The third-order valence-electron chi connectivity index (χ3n) is 2.56. The summed E-state index contributed by atoms with van der Waals surface area (Å²) in [5.41, 5.74) is 2.19. The minimum atomic E-state index is 0.113. The lowest BCUT2D eigenvalue weighted by Gasteiger charge is -2.21. The van der Waals surface area contributed by atoms with Crippen molar-refractivity contribution in [3.05, 3.63) is 36.6 Å². The highest BCUT2D eigenvalue weighted by Crippen LogP contribution is 2.24. The van der Waals surface area contributed by atoms with Gasteiger partial charge in [0.1, 0.15) is 0 Å². The van der Waals surface area contributed by atoms with E-state index >= 15 is 0 Å². The van der Waals surface area contributed by atoms with E-state index in [-0.39, 0.29) is 5.41 Å². The number of likely N-dealkylation sites (N-methyl/N-ethyl adjacent to an activating group) is 1. The Balaban J connectivity index is 4.24. The molecular weight excluding hydrogens is 198 g/mol. The molecule has 0 atom stereocenters. The van der Waals surface area contributed by atoms with Crippen LogP contribution < -0.4 is 0 Å². The number of ether oxygens (including phenoxy) is 1. The molecule has 0 aromatic carbocycles. The third-order valence-corrected chi connectivity index (χ3v) is 2.56. The van der Waals surface area contributed by atoms with Gasteiger partial charge in [0.2, 0.25) is 0 Å². The fourth-order valence-electron chi connectivity index (χ4n) is 0.946. The smallest absolute Gasteiger partial charge is 0.0637 e. The van der Waals surface area contributed by atoms with Crippen LogP contribution in [0.3, 0.4) is 0 Å². The molecule has 0 N–H and O–H groups in total. The number of methoxy groups -OCH3 is 1. The summed E-state index contributed by atoms with van der Waals surface area (Å²) in [5, 5.41) is 0. The number of hydrogen-bond acceptors (Lipinski definition) is 2. The van der Waals surface area contributed by atoms with Gasteiger partial charge in [0.25, 0.3) is 0 Å². The minimum absolute atomic E-state index is 0.113. The molecule has 0 radical (unpaired) electrons. The average molecular weight is 223 g/mol. The number of hydrogen-bond donors (Lipinski definition) is 0. The van der Waals surface area contributed by atoms with Gasteiger partial charge in [-0.1, -0.05) is 40.0 Å². The second kappa shape index (κ2) is 6.54. The maximum Gasteiger partial charge on any atom is 0.0637 e. The van der Waals surface area contributed by atoms with E-state index in [9.17, 15) is 0 Å². The number of nitrogens with zero attached hydrogens (tertiary/aromatic N) is 1. The van der Waals surface area contributed by atoms with Gasteiger partial charge >= 0.3 is 0 Å². The van der Waals surface area contributed by atoms with Crippen molar-refractivity contribution < 1.29 is 4.74 Å². The molecule has 0 bridgehead atoms. The monoisotopic (exact) mass is 223 g/mol. The molecule has 0 saturated carbocycles. The van der Waals surface area contributed by atoms with Gasteiger partial charge in [-0.2, -0.15) is 0 Å². The van der Waals surface area contributed by atoms with Crippen molar-refractivity contribution in [3.63, 3.8) is 0 Å². The average Bonchev–Trinajstić information content (AvgIpc) is 2.20. The van der Waals surface area contributed by atoms with Crippen LogP contribution in [0.2, 0.25) is 0 Å². The predicted octanol–water partition coefficient (Wildman–Crippen LogP) is 3.24. The molecule has 92 valence electrons. The SMILES string of the molecule is C=C(/C=C\C(=C)C(C)(C)C)N(C)CCOC. The molecule has 0 aliphatic rings. The molecule has 0 spiro atoms. The molecule has 0 amide bonds. The van der Waals surface area contributed by atoms with Crippen molar-refractivity contribution in [1.82, 2.24) is 4.90 Å². The first-order valence-electron chi connectivity index (χ1n) is 5.55. The van der Waals surface area contributed by atoms with Crippen LogP contribution in [-0.2, 0) is 4.74 Å². The maximum atomic E-state index is 5.02. The van der Waals surface area contributed by atoms with E-state index in [0.717, 1.165) is 17.8 Å². The lowest BCUT2D eigenvalue weighted by Crippen LogP contribution is -2.20. The van der Waals surface area contributed by atoms with Crippen LogP contribution in [0.25, 0.3) is 0 Å². The minimum Gasteiger partial charge on any atom is -0.383 e. The Hall–Kier alpha value is -1.02. The highest BCUT2D eigenvalue weighted by molar-refractivity contribution is 5.27. The van der Waals surface area contributed by atoms with E-state index in [1.165, 1.54) is 0 Å². The molecule has 0 aromatic rings. The van der Waals surface area contributed by atoms with Crippen molar-refractivity contribution in [2.24, 2.45) is 5.41 Å². The van der Waals surface area contributed by atoms with Gasteiger partial charge in [0.15, 0.2) is 0 Å². The topological polar surface area (TPSA) is 12.5 Å². The zero-order valence-corrected chi connectivity index (χ0v) is 11.3. The van der Waals surface area contributed by atoms with Crippen LogP contribution in [0.1, 0.15) is 20.8 Å². The molecule has 0 rings (SSSR count). The Kier molecular flexibility index (Phi) is 6.12. The summed E-state index contributed by atoms with van der Waals surface area (Å²) in [7, 11) is 3.71. The molecule has 2 nitrogen and oxygen atoms in total. The first kappa shape index (κ1) is 15.0. The Labute approximate surface area is 100 Å². The van der Waals surface area contributed by atoms with Crippen molar-refractivity contribution in [3.8, 4) is 0 Å². The van der Waals surface area contributed by atoms with E-state index in [1.807, 2.05) is 19.2 Å². The van der Waals surface area contributed by atoms with Crippen molar-refractivity contribution in [2.75, 3.05) is 27.3 Å². The highest BCUT2D eigenvalue weighted by Gasteiger charge is 2.11. The van der Waals surface area contributed by atoms with Gasteiger partial charge in [-0.15, -0.1) is 0 Å². The zero-order valence-electron chi connectivity index (χ0n) is 11.3. The second-order valence-corrected chi connectivity index (χ2v) is 5.01. The van der Waals surface area contributed by atoms with E-state index in [0.29, 0.717) is 6.61 Å². The molecule has 0 aromatic heterocycles. The molecule has 0 fully saturated rings. The van der Waals surface area contributed by atoms with Crippen LogP contribution in [0.5, 0.6) is 0 Å². The van der Waals surface area contributed by atoms with Gasteiger partial charge in [-0.25, -0.2) is 0 Å². The van der Waals surface area contributed by atoms with E-state index < -0.39 is 0 Å². The standard InChI is InChI=1S/C14H25NO/c1-12(14(3,4)5)8-9-13(2)15(6)10-11-16-7/h8-9H,1-2,10-11H2,3-7H3/b9-8-. The third kappa shape index (κ3) is 5.76. The molecule has 2 heteroatoms. The van der Waals surface area contributed by atoms with Crippen molar-refractivity contribution >= 4 is 0 Å². The van der Waals surface area contributed by atoms with E-state index in [2.05, 4.69) is 38.8 Å². The van der Waals surface area contributed by atoms with Crippen LogP contribution in [0.15, 0.2) is 36.6 Å². The molecular formula is C14H25NO. The van der Waals surface area contributed by atoms with Gasteiger partial charge in [-0.05, 0) is 17.1 Å². The molecule has 16 heavy (non-hydrogen) atoms. The summed E-state index contributed by atoms with van der Waals surface area (Å²) < 4.78 is 5.02. The molecule has 0 aliphatic carbocycles. The van der Waals surface area contributed by atoms with Crippen LogP contribution in [0.4, 0.5) is 0 Å². The molecule has 0 aliphatic heterocycles. The predicted molar refractivity (Wildman–Crippen MR) is 71.4 cm³/mol. The Morgan fingerprint density at radius 3 is 2.25 bits per heavy atom. The fourth-order valence-corrected chi connectivity index (χ4v) is 0.946.